The van der Waals surface area contributed by atoms with Crippen LogP contribution in [0.3, 0.4) is 0 Å². The molecular weight excluding hydrogens is 290 g/mol. The summed E-state index contributed by atoms with van der Waals surface area (Å²) in [7, 11) is 0. The molecule has 1 saturated heterocycles. The van der Waals surface area contributed by atoms with Gasteiger partial charge in [-0.05, 0) is 37.8 Å². The van der Waals surface area contributed by atoms with Crippen LogP contribution in [0.4, 0.5) is 0 Å². The molecule has 3 rings (SSSR count). The topological polar surface area (TPSA) is 77.8 Å². The molecular formula is C15H17NO4S. The van der Waals surface area contributed by atoms with Crippen LogP contribution >= 0.6 is 11.8 Å². The minimum atomic E-state index is -0.961. The van der Waals surface area contributed by atoms with E-state index in [0.29, 0.717) is 22.8 Å². The summed E-state index contributed by atoms with van der Waals surface area (Å²) in [6.07, 6.45) is 2.10. The SMILES string of the molecule is Cc1c(O)cccc1C(=O)N1C(C(=O)O)CSC1C1CC1. The highest BCUT2D eigenvalue weighted by molar-refractivity contribution is 8.00. The Morgan fingerprint density at radius 1 is 1.33 bits per heavy atom. The molecule has 2 aliphatic rings. The number of hydrogen-bond donors (Lipinski definition) is 2. The minimum absolute atomic E-state index is 0.0552. The van der Waals surface area contributed by atoms with Gasteiger partial charge in [0.25, 0.3) is 5.91 Å². The van der Waals surface area contributed by atoms with Crippen molar-refractivity contribution in [3.05, 3.63) is 29.3 Å². The average Bonchev–Trinajstić information content (AvgIpc) is 3.19. The normalized spacial score (nSPS) is 25.1. The van der Waals surface area contributed by atoms with Gasteiger partial charge in [-0.3, -0.25) is 4.79 Å². The van der Waals surface area contributed by atoms with Crippen LogP contribution < -0.4 is 0 Å². The van der Waals surface area contributed by atoms with Crippen molar-refractivity contribution in [1.82, 2.24) is 4.90 Å². The van der Waals surface area contributed by atoms with E-state index in [0.717, 1.165) is 12.8 Å². The average molecular weight is 307 g/mol. The molecule has 1 heterocycles. The lowest BCUT2D eigenvalue weighted by Crippen LogP contribution is -2.46. The minimum Gasteiger partial charge on any atom is -0.508 e. The van der Waals surface area contributed by atoms with Crippen LogP contribution in [0.15, 0.2) is 18.2 Å². The molecule has 0 aromatic heterocycles. The number of rotatable bonds is 3. The number of carboxylic acids is 1. The zero-order valence-electron chi connectivity index (χ0n) is 11.7. The van der Waals surface area contributed by atoms with Crippen molar-refractivity contribution in [3.8, 4) is 5.75 Å². The zero-order chi connectivity index (χ0) is 15.1. The molecule has 1 amide bonds. The first-order valence-electron chi connectivity index (χ1n) is 6.96. The van der Waals surface area contributed by atoms with Gasteiger partial charge in [0.05, 0.1) is 5.37 Å². The second-order valence-electron chi connectivity index (χ2n) is 5.58. The molecule has 0 spiro atoms. The number of hydrogen-bond acceptors (Lipinski definition) is 4. The molecule has 6 heteroatoms. The van der Waals surface area contributed by atoms with Crippen molar-refractivity contribution in [2.24, 2.45) is 5.92 Å². The number of benzene rings is 1. The van der Waals surface area contributed by atoms with E-state index in [1.165, 1.54) is 11.0 Å². The summed E-state index contributed by atoms with van der Waals surface area (Å²) in [5, 5.41) is 19.1. The Morgan fingerprint density at radius 3 is 2.67 bits per heavy atom. The number of carbonyl (C=O) groups is 2. The van der Waals surface area contributed by atoms with Gasteiger partial charge in [-0.15, -0.1) is 11.8 Å². The molecule has 112 valence electrons. The van der Waals surface area contributed by atoms with Gasteiger partial charge in [-0.2, -0.15) is 0 Å². The summed E-state index contributed by atoms with van der Waals surface area (Å²) in [6.45, 7) is 1.67. The van der Waals surface area contributed by atoms with Gasteiger partial charge in [-0.1, -0.05) is 6.07 Å². The second-order valence-corrected chi connectivity index (χ2v) is 6.73. The van der Waals surface area contributed by atoms with E-state index >= 15 is 0 Å². The van der Waals surface area contributed by atoms with Crippen molar-refractivity contribution >= 4 is 23.6 Å². The molecule has 5 nitrogen and oxygen atoms in total. The highest BCUT2D eigenvalue weighted by Gasteiger charge is 2.48. The summed E-state index contributed by atoms with van der Waals surface area (Å²) < 4.78 is 0. The Bertz CT molecular complexity index is 599. The molecule has 2 fully saturated rings. The molecule has 1 aromatic rings. The van der Waals surface area contributed by atoms with E-state index in [1.807, 2.05) is 0 Å². The van der Waals surface area contributed by atoms with Crippen LogP contribution in [-0.2, 0) is 4.79 Å². The number of carboxylic acid groups (broad SMARTS) is 1. The fourth-order valence-electron chi connectivity index (χ4n) is 2.71. The third-order valence-corrected chi connectivity index (χ3v) is 5.58. The number of phenolic OH excluding ortho intramolecular Hbond substituents is 1. The molecule has 1 aromatic carbocycles. The predicted octanol–water partition coefficient (Wildman–Crippen LogP) is 2.08. The first kappa shape index (κ1) is 14.3. The molecule has 0 radical (unpaired) electrons. The molecule has 2 unspecified atom stereocenters. The van der Waals surface area contributed by atoms with Crippen molar-refractivity contribution in [3.63, 3.8) is 0 Å². The maximum absolute atomic E-state index is 12.8. The van der Waals surface area contributed by atoms with Crippen LogP contribution in [0.1, 0.15) is 28.8 Å². The third-order valence-electron chi connectivity index (χ3n) is 4.12. The van der Waals surface area contributed by atoms with Crippen LogP contribution in [-0.4, -0.2) is 44.2 Å². The maximum Gasteiger partial charge on any atom is 0.327 e. The zero-order valence-corrected chi connectivity index (χ0v) is 12.5. The quantitative estimate of drug-likeness (QED) is 0.894. The Balaban J connectivity index is 1.96. The lowest BCUT2D eigenvalue weighted by atomic mass is 10.1. The first-order chi connectivity index (χ1) is 10.0. The lowest BCUT2D eigenvalue weighted by Gasteiger charge is -2.28. The van der Waals surface area contributed by atoms with Gasteiger partial charge in [0.15, 0.2) is 0 Å². The molecule has 1 aliphatic heterocycles. The number of aliphatic carboxylic acids is 1. The predicted molar refractivity (Wildman–Crippen MR) is 79.4 cm³/mol. The summed E-state index contributed by atoms with van der Waals surface area (Å²) in [6, 6.07) is 4.00. The number of thioether (sulfide) groups is 1. The molecule has 2 atom stereocenters. The van der Waals surface area contributed by atoms with Gasteiger partial charge in [0, 0.05) is 16.9 Å². The van der Waals surface area contributed by atoms with Crippen LogP contribution in [0.2, 0.25) is 0 Å². The Hall–Kier alpha value is -1.69. The molecule has 2 N–H and O–H groups in total. The largest absolute Gasteiger partial charge is 0.508 e. The van der Waals surface area contributed by atoms with Crippen molar-refractivity contribution in [2.45, 2.75) is 31.2 Å². The van der Waals surface area contributed by atoms with Crippen molar-refractivity contribution in [2.75, 3.05) is 5.75 Å². The van der Waals surface area contributed by atoms with Crippen LogP contribution in [0.25, 0.3) is 0 Å². The maximum atomic E-state index is 12.8. The second kappa shape index (κ2) is 5.26. The number of carbonyl (C=O) groups excluding carboxylic acids is 1. The Labute approximate surface area is 126 Å². The molecule has 21 heavy (non-hydrogen) atoms. The Morgan fingerprint density at radius 2 is 2.05 bits per heavy atom. The van der Waals surface area contributed by atoms with E-state index in [-0.39, 0.29) is 17.0 Å². The van der Waals surface area contributed by atoms with Gasteiger partial charge < -0.3 is 15.1 Å². The highest BCUT2D eigenvalue weighted by atomic mass is 32.2. The molecule has 0 bridgehead atoms. The van der Waals surface area contributed by atoms with Gasteiger partial charge in [-0.25, -0.2) is 4.79 Å². The van der Waals surface area contributed by atoms with E-state index in [9.17, 15) is 19.8 Å². The van der Waals surface area contributed by atoms with Gasteiger partial charge in [0.1, 0.15) is 11.8 Å². The van der Waals surface area contributed by atoms with Gasteiger partial charge in [0.2, 0.25) is 0 Å². The Kier molecular flexibility index (Phi) is 3.57. The summed E-state index contributed by atoms with van der Waals surface area (Å²) in [4.78, 5) is 25.8. The number of phenols is 1. The highest BCUT2D eigenvalue weighted by Crippen LogP contribution is 2.46. The third kappa shape index (κ3) is 2.48. The van der Waals surface area contributed by atoms with E-state index in [2.05, 4.69) is 0 Å². The number of amides is 1. The summed E-state index contributed by atoms with van der Waals surface area (Å²) >= 11 is 1.55. The molecule has 1 saturated carbocycles. The molecule has 1 aliphatic carbocycles. The van der Waals surface area contributed by atoms with Crippen LogP contribution in [0.5, 0.6) is 5.75 Å². The summed E-state index contributed by atoms with van der Waals surface area (Å²) in [5.41, 5.74) is 0.882. The monoisotopic (exact) mass is 307 g/mol. The smallest absolute Gasteiger partial charge is 0.327 e. The van der Waals surface area contributed by atoms with Crippen molar-refractivity contribution in [1.29, 1.82) is 0 Å². The summed E-state index contributed by atoms with van der Waals surface area (Å²) in [5.74, 6) is -0.363. The van der Waals surface area contributed by atoms with Crippen molar-refractivity contribution < 1.29 is 19.8 Å². The lowest BCUT2D eigenvalue weighted by molar-refractivity contribution is -0.141. The fraction of sp³-hybridized carbons (Fsp3) is 0.467. The first-order valence-corrected chi connectivity index (χ1v) is 8.01. The number of aromatic hydroxyl groups is 1. The standard InChI is InChI=1S/C15H17NO4S/c1-8-10(3-2-4-12(8)17)13(18)16-11(15(19)20)7-21-14(16)9-5-6-9/h2-4,9,11,14,17H,5-7H2,1H3,(H,19,20). The van der Waals surface area contributed by atoms with Gasteiger partial charge >= 0.3 is 5.97 Å². The number of nitrogens with zero attached hydrogens (tertiary/aromatic N) is 1. The van der Waals surface area contributed by atoms with E-state index in [4.69, 9.17) is 0 Å². The fourth-order valence-corrected chi connectivity index (χ4v) is 4.34. The van der Waals surface area contributed by atoms with E-state index in [1.54, 1.807) is 30.8 Å². The van der Waals surface area contributed by atoms with Crippen LogP contribution in [0, 0.1) is 12.8 Å². The van der Waals surface area contributed by atoms with E-state index < -0.39 is 12.0 Å².